The van der Waals surface area contributed by atoms with Gasteiger partial charge in [-0.1, -0.05) is 13.0 Å². The average molecular weight is 300 g/mol. The average Bonchev–Trinajstić information content (AvgIpc) is 2.75. The number of hydrogen-bond acceptors (Lipinski definition) is 4. The Morgan fingerprint density at radius 1 is 1.41 bits per heavy atom. The molecule has 90 valence electrons. The van der Waals surface area contributed by atoms with E-state index in [0.29, 0.717) is 22.5 Å². The highest BCUT2D eigenvalue weighted by atomic mass is 79.9. The van der Waals surface area contributed by atoms with Gasteiger partial charge >= 0.3 is 0 Å². The lowest BCUT2D eigenvalue weighted by molar-refractivity contribution is 0.479. The molecule has 6 heteroatoms. The van der Waals surface area contributed by atoms with E-state index < -0.39 is 5.82 Å². The van der Waals surface area contributed by atoms with Crippen molar-refractivity contribution in [3.8, 4) is 11.5 Å². The minimum atomic E-state index is -0.391. The van der Waals surface area contributed by atoms with Crippen LogP contribution >= 0.6 is 15.9 Å². The van der Waals surface area contributed by atoms with Crippen LogP contribution in [0.4, 0.5) is 4.39 Å². The van der Waals surface area contributed by atoms with Gasteiger partial charge in [-0.2, -0.15) is 0 Å². The highest BCUT2D eigenvalue weighted by Crippen LogP contribution is 2.29. The van der Waals surface area contributed by atoms with Crippen LogP contribution in [-0.4, -0.2) is 16.7 Å². The molecule has 0 amide bonds. The minimum Gasteiger partial charge on any atom is -0.419 e. The number of halogens is 2. The fourth-order valence-electron chi connectivity index (χ4n) is 1.36. The smallest absolute Gasteiger partial charge is 0.251 e. The lowest BCUT2D eigenvalue weighted by atomic mass is 10.2. The van der Waals surface area contributed by atoms with Gasteiger partial charge < -0.3 is 9.73 Å². The number of nitrogens with one attached hydrogen (secondary N) is 1. The molecular formula is C11H11BrFN3O. The molecule has 0 saturated heterocycles. The first kappa shape index (κ1) is 12.2. The molecule has 0 radical (unpaired) electrons. The van der Waals surface area contributed by atoms with Gasteiger partial charge in [-0.05, 0) is 34.6 Å². The van der Waals surface area contributed by atoms with Gasteiger partial charge in [-0.3, -0.25) is 0 Å². The van der Waals surface area contributed by atoms with Crippen molar-refractivity contribution in [3.63, 3.8) is 0 Å². The van der Waals surface area contributed by atoms with E-state index in [4.69, 9.17) is 4.42 Å². The maximum Gasteiger partial charge on any atom is 0.251 e. The van der Waals surface area contributed by atoms with E-state index in [2.05, 4.69) is 31.4 Å². The van der Waals surface area contributed by atoms with Crippen LogP contribution in [0.1, 0.15) is 12.8 Å². The van der Waals surface area contributed by atoms with Gasteiger partial charge in [0.1, 0.15) is 5.82 Å². The third-order valence-electron chi connectivity index (χ3n) is 2.17. The van der Waals surface area contributed by atoms with Crippen molar-refractivity contribution in [2.75, 3.05) is 6.54 Å². The van der Waals surface area contributed by atoms with E-state index in [9.17, 15) is 4.39 Å². The van der Waals surface area contributed by atoms with E-state index in [1.165, 1.54) is 6.07 Å². The molecule has 0 aliphatic carbocycles. The van der Waals surface area contributed by atoms with Gasteiger partial charge in [0.25, 0.3) is 5.89 Å². The van der Waals surface area contributed by atoms with Gasteiger partial charge in [0.2, 0.25) is 5.89 Å². The molecule has 0 aliphatic heterocycles. The summed E-state index contributed by atoms with van der Waals surface area (Å²) in [4.78, 5) is 0. The molecule has 1 aromatic carbocycles. The van der Waals surface area contributed by atoms with E-state index in [1.54, 1.807) is 12.1 Å². The predicted octanol–water partition coefficient (Wildman–Crippen LogP) is 2.75. The second kappa shape index (κ2) is 5.37. The molecule has 4 nitrogen and oxygen atoms in total. The highest BCUT2D eigenvalue weighted by molar-refractivity contribution is 9.10. The largest absolute Gasteiger partial charge is 0.419 e. The number of nitrogens with zero attached hydrogens (tertiary/aromatic N) is 2. The van der Waals surface area contributed by atoms with Crippen LogP contribution in [-0.2, 0) is 6.54 Å². The Balaban J connectivity index is 2.30. The zero-order chi connectivity index (χ0) is 12.3. The summed E-state index contributed by atoms with van der Waals surface area (Å²) in [6, 6.07) is 4.69. The highest BCUT2D eigenvalue weighted by Gasteiger charge is 2.15. The molecule has 1 heterocycles. The summed E-state index contributed by atoms with van der Waals surface area (Å²) in [5.41, 5.74) is 0.294. The predicted molar refractivity (Wildman–Crippen MR) is 64.8 cm³/mol. The van der Waals surface area contributed by atoms with Crippen LogP contribution in [0.5, 0.6) is 0 Å². The Morgan fingerprint density at radius 2 is 2.24 bits per heavy atom. The van der Waals surface area contributed by atoms with Crippen LogP contribution in [0.2, 0.25) is 0 Å². The Labute approximate surface area is 106 Å². The van der Waals surface area contributed by atoms with Crippen molar-refractivity contribution in [2.24, 2.45) is 0 Å². The summed E-state index contributed by atoms with van der Waals surface area (Å²) in [5, 5.41) is 10.7. The summed E-state index contributed by atoms with van der Waals surface area (Å²) >= 11 is 3.26. The Morgan fingerprint density at radius 3 is 2.94 bits per heavy atom. The van der Waals surface area contributed by atoms with Crippen LogP contribution < -0.4 is 5.32 Å². The van der Waals surface area contributed by atoms with E-state index in [-0.39, 0.29) is 5.89 Å². The first-order valence-corrected chi connectivity index (χ1v) is 5.99. The van der Waals surface area contributed by atoms with Crippen LogP contribution in [0.3, 0.4) is 0 Å². The first-order chi connectivity index (χ1) is 8.22. The minimum absolute atomic E-state index is 0.183. The molecule has 0 unspecified atom stereocenters. The number of benzene rings is 1. The standard InChI is InChI=1S/C11H11BrFN3O/c1-2-14-6-9-15-16-11(17-9)10-7(12)4-3-5-8(10)13/h3-5,14H,2,6H2,1H3. The molecule has 1 aromatic heterocycles. The van der Waals surface area contributed by atoms with Crippen molar-refractivity contribution >= 4 is 15.9 Å². The second-order valence-electron chi connectivity index (χ2n) is 3.38. The molecule has 17 heavy (non-hydrogen) atoms. The monoisotopic (exact) mass is 299 g/mol. The third-order valence-corrected chi connectivity index (χ3v) is 2.83. The molecule has 2 rings (SSSR count). The molecule has 0 bridgehead atoms. The molecule has 0 saturated carbocycles. The maximum atomic E-state index is 13.6. The number of rotatable bonds is 4. The van der Waals surface area contributed by atoms with E-state index in [1.807, 2.05) is 6.92 Å². The van der Waals surface area contributed by atoms with E-state index >= 15 is 0 Å². The summed E-state index contributed by atoms with van der Waals surface area (Å²) < 4.78 is 19.6. The van der Waals surface area contributed by atoms with Gasteiger partial charge in [0.05, 0.1) is 12.1 Å². The zero-order valence-electron chi connectivity index (χ0n) is 9.20. The van der Waals surface area contributed by atoms with Crippen LogP contribution in [0.15, 0.2) is 27.1 Å². The van der Waals surface area contributed by atoms with Gasteiger partial charge in [-0.25, -0.2) is 4.39 Å². The fraction of sp³-hybridized carbons (Fsp3) is 0.273. The molecule has 0 fully saturated rings. The topological polar surface area (TPSA) is 51.0 Å². The van der Waals surface area contributed by atoms with Crippen molar-refractivity contribution < 1.29 is 8.81 Å². The lowest BCUT2D eigenvalue weighted by Crippen LogP contribution is -2.11. The number of aromatic nitrogens is 2. The SMILES string of the molecule is CCNCc1nnc(-c2c(F)cccc2Br)o1. The Bertz CT molecular complexity index is 495. The van der Waals surface area contributed by atoms with Gasteiger partial charge in [-0.15, -0.1) is 10.2 Å². The number of hydrogen-bond donors (Lipinski definition) is 1. The molecule has 0 spiro atoms. The maximum absolute atomic E-state index is 13.6. The van der Waals surface area contributed by atoms with Crippen molar-refractivity contribution in [1.82, 2.24) is 15.5 Å². The lowest BCUT2D eigenvalue weighted by Gasteiger charge is -2.00. The summed E-state index contributed by atoms with van der Waals surface area (Å²) in [6.07, 6.45) is 0. The van der Waals surface area contributed by atoms with Crippen molar-refractivity contribution in [1.29, 1.82) is 0 Å². The molecule has 0 aliphatic rings. The molecular weight excluding hydrogens is 289 g/mol. The second-order valence-corrected chi connectivity index (χ2v) is 4.23. The van der Waals surface area contributed by atoms with Crippen LogP contribution in [0, 0.1) is 5.82 Å². The Kier molecular flexibility index (Phi) is 3.86. The summed E-state index contributed by atoms with van der Waals surface area (Å²) in [5.74, 6) is 0.234. The summed E-state index contributed by atoms with van der Waals surface area (Å²) in [6.45, 7) is 3.27. The summed E-state index contributed by atoms with van der Waals surface area (Å²) in [7, 11) is 0. The molecule has 1 N–H and O–H groups in total. The molecule has 0 atom stereocenters. The van der Waals surface area contributed by atoms with Gasteiger partial charge in [0.15, 0.2) is 0 Å². The third kappa shape index (κ3) is 2.70. The zero-order valence-corrected chi connectivity index (χ0v) is 10.8. The molecule has 2 aromatic rings. The van der Waals surface area contributed by atoms with Crippen molar-refractivity contribution in [2.45, 2.75) is 13.5 Å². The fourth-order valence-corrected chi connectivity index (χ4v) is 1.87. The van der Waals surface area contributed by atoms with E-state index in [0.717, 1.165) is 6.54 Å². The van der Waals surface area contributed by atoms with Crippen molar-refractivity contribution in [3.05, 3.63) is 34.4 Å². The normalized spacial score (nSPS) is 10.8. The quantitative estimate of drug-likeness (QED) is 0.943. The van der Waals surface area contributed by atoms with Crippen LogP contribution in [0.25, 0.3) is 11.5 Å². The Hall–Kier alpha value is -1.27. The first-order valence-electron chi connectivity index (χ1n) is 5.20. The van der Waals surface area contributed by atoms with Gasteiger partial charge in [0, 0.05) is 4.47 Å².